The molecule has 0 aromatic heterocycles. The van der Waals surface area contributed by atoms with Crippen LogP contribution >= 0.6 is 0 Å². The average molecular weight is 376 g/mol. The average Bonchev–Trinajstić information content (AvgIpc) is 3.11. The Balaban J connectivity index is 2.13. The lowest BCUT2D eigenvalue weighted by atomic mass is 9.99. The number of aliphatic carboxylic acids is 1. The molecule has 1 aliphatic rings. The Bertz CT molecular complexity index is 676. The summed E-state index contributed by atoms with van der Waals surface area (Å²) in [5, 5.41) is 19.7. The number of benzene rings is 1. The molecule has 2 N–H and O–H groups in total. The van der Waals surface area contributed by atoms with Crippen LogP contribution in [0.25, 0.3) is 0 Å². The van der Waals surface area contributed by atoms with Crippen LogP contribution in [-0.2, 0) is 20.8 Å². The number of rotatable bonds is 7. The third-order valence-corrected chi connectivity index (χ3v) is 5.03. The minimum absolute atomic E-state index is 0.157. The zero-order valence-corrected chi connectivity index (χ0v) is 16.0. The largest absolute Gasteiger partial charge is 0.480 e. The van der Waals surface area contributed by atoms with Gasteiger partial charge in [-0.1, -0.05) is 44.2 Å². The number of carbonyl (C=O) groups is 3. The van der Waals surface area contributed by atoms with Crippen LogP contribution in [0.3, 0.4) is 0 Å². The fourth-order valence-corrected chi connectivity index (χ4v) is 3.65. The topological polar surface area (TPSA) is 98.2 Å². The molecular formula is C20H28N2O5. The maximum Gasteiger partial charge on any atom is 0.326 e. The molecule has 7 nitrogen and oxygen atoms in total. The highest BCUT2D eigenvalue weighted by Gasteiger charge is 2.41. The van der Waals surface area contributed by atoms with Gasteiger partial charge < -0.3 is 20.0 Å². The summed E-state index contributed by atoms with van der Waals surface area (Å²) in [6.45, 7) is 3.98. The van der Waals surface area contributed by atoms with E-state index in [1.54, 1.807) is 0 Å². The predicted molar refractivity (Wildman–Crippen MR) is 99.9 cm³/mol. The van der Waals surface area contributed by atoms with Gasteiger partial charge in [-0.15, -0.1) is 0 Å². The summed E-state index contributed by atoms with van der Waals surface area (Å²) in [5.74, 6) is -2.17. The number of amides is 2. The van der Waals surface area contributed by atoms with Gasteiger partial charge in [-0.25, -0.2) is 4.79 Å². The SMILES string of the molecule is CC(C)[C@H](C(=O)N1CCC[C@H]1C(=O)O)N(C)C(=O)[C@H](O)Cc1ccccc1. The van der Waals surface area contributed by atoms with Gasteiger partial charge in [0.2, 0.25) is 5.91 Å². The molecule has 1 fully saturated rings. The van der Waals surface area contributed by atoms with E-state index >= 15 is 0 Å². The Labute approximate surface area is 159 Å². The van der Waals surface area contributed by atoms with Crippen LogP contribution in [0.4, 0.5) is 0 Å². The van der Waals surface area contributed by atoms with E-state index in [2.05, 4.69) is 0 Å². The number of hydrogen-bond donors (Lipinski definition) is 2. The molecule has 1 heterocycles. The zero-order chi connectivity index (χ0) is 20.1. The summed E-state index contributed by atoms with van der Waals surface area (Å²) < 4.78 is 0. The second-order valence-corrected chi connectivity index (χ2v) is 7.37. The summed E-state index contributed by atoms with van der Waals surface area (Å²) >= 11 is 0. The minimum Gasteiger partial charge on any atom is -0.480 e. The molecule has 2 rings (SSSR count). The fraction of sp³-hybridized carbons (Fsp3) is 0.550. The summed E-state index contributed by atoms with van der Waals surface area (Å²) in [6.07, 6.45) is -0.0627. The zero-order valence-electron chi connectivity index (χ0n) is 16.0. The smallest absolute Gasteiger partial charge is 0.326 e. The lowest BCUT2D eigenvalue weighted by Crippen LogP contribution is -2.56. The Morgan fingerprint density at radius 2 is 1.85 bits per heavy atom. The predicted octanol–water partition coefficient (Wildman–Crippen LogP) is 1.15. The molecule has 1 aromatic carbocycles. The van der Waals surface area contributed by atoms with Crippen molar-refractivity contribution in [3.05, 3.63) is 35.9 Å². The van der Waals surface area contributed by atoms with E-state index in [4.69, 9.17) is 0 Å². The molecular weight excluding hydrogens is 348 g/mol. The number of aliphatic hydroxyl groups is 1. The molecule has 0 saturated carbocycles. The van der Waals surface area contributed by atoms with Crippen LogP contribution < -0.4 is 0 Å². The van der Waals surface area contributed by atoms with Gasteiger partial charge in [0.15, 0.2) is 0 Å². The van der Waals surface area contributed by atoms with Crippen molar-refractivity contribution in [3.63, 3.8) is 0 Å². The van der Waals surface area contributed by atoms with E-state index in [0.29, 0.717) is 19.4 Å². The molecule has 0 bridgehead atoms. The van der Waals surface area contributed by atoms with E-state index in [1.807, 2.05) is 44.2 Å². The van der Waals surface area contributed by atoms with Crippen molar-refractivity contribution in [1.82, 2.24) is 9.80 Å². The van der Waals surface area contributed by atoms with E-state index in [1.165, 1.54) is 16.8 Å². The lowest BCUT2D eigenvalue weighted by molar-refractivity contribution is -0.155. The monoisotopic (exact) mass is 376 g/mol. The standard InChI is InChI=1S/C20H28N2O5/c1-13(2)17(19(25)22-11-7-10-15(22)20(26)27)21(3)18(24)16(23)12-14-8-5-4-6-9-14/h4-6,8-9,13,15-17,23H,7,10-12H2,1-3H3,(H,26,27)/t15-,16+,17+/m0/s1. The molecule has 148 valence electrons. The first-order valence-electron chi connectivity index (χ1n) is 9.26. The van der Waals surface area contributed by atoms with Gasteiger partial charge in [0, 0.05) is 20.0 Å². The van der Waals surface area contributed by atoms with Crippen molar-refractivity contribution in [1.29, 1.82) is 0 Å². The van der Waals surface area contributed by atoms with Gasteiger partial charge in [0.05, 0.1) is 0 Å². The van der Waals surface area contributed by atoms with Crippen molar-refractivity contribution in [2.45, 2.75) is 51.3 Å². The number of carboxylic acids is 1. The fourth-order valence-electron chi connectivity index (χ4n) is 3.65. The van der Waals surface area contributed by atoms with Crippen LogP contribution in [0.5, 0.6) is 0 Å². The van der Waals surface area contributed by atoms with Crippen molar-refractivity contribution >= 4 is 17.8 Å². The molecule has 0 aliphatic carbocycles. The quantitative estimate of drug-likeness (QED) is 0.744. The second-order valence-electron chi connectivity index (χ2n) is 7.37. The molecule has 1 aliphatic heterocycles. The number of hydrogen-bond acceptors (Lipinski definition) is 4. The van der Waals surface area contributed by atoms with Gasteiger partial charge in [0.25, 0.3) is 5.91 Å². The molecule has 0 spiro atoms. The maximum absolute atomic E-state index is 13.0. The highest BCUT2D eigenvalue weighted by Crippen LogP contribution is 2.23. The van der Waals surface area contributed by atoms with Gasteiger partial charge >= 0.3 is 5.97 Å². The third kappa shape index (κ3) is 4.86. The normalized spacial score (nSPS) is 19.0. The van der Waals surface area contributed by atoms with Crippen LogP contribution in [-0.4, -0.2) is 69.6 Å². The number of nitrogens with zero attached hydrogens (tertiary/aromatic N) is 2. The molecule has 7 heteroatoms. The van der Waals surface area contributed by atoms with Gasteiger partial charge in [-0.2, -0.15) is 0 Å². The van der Waals surface area contributed by atoms with Gasteiger partial charge in [-0.05, 0) is 24.3 Å². The Morgan fingerprint density at radius 1 is 1.22 bits per heavy atom. The summed E-state index contributed by atoms with van der Waals surface area (Å²) in [5.41, 5.74) is 0.824. The Morgan fingerprint density at radius 3 is 2.41 bits per heavy atom. The van der Waals surface area contributed by atoms with E-state index in [0.717, 1.165) is 5.56 Å². The molecule has 2 amide bonds. The van der Waals surface area contributed by atoms with E-state index in [9.17, 15) is 24.6 Å². The third-order valence-electron chi connectivity index (χ3n) is 5.03. The second kappa shape index (κ2) is 8.99. The van der Waals surface area contributed by atoms with Gasteiger partial charge in [0.1, 0.15) is 18.2 Å². The first kappa shape index (κ1) is 20.9. The number of likely N-dealkylation sites (N-methyl/N-ethyl adjacent to an activating group) is 1. The molecule has 1 saturated heterocycles. The summed E-state index contributed by atoms with van der Waals surface area (Å²) in [7, 11) is 1.49. The van der Waals surface area contributed by atoms with Crippen LogP contribution in [0.15, 0.2) is 30.3 Å². The van der Waals surface area contributed by atoms with E-state index < -0.39 is 30.1 Å². The molecule has 0 radical (unpaired) electrons. The van der Waals surface area contributed by atoms with Crippen LogP contribution in [0, 0.1) is 5.92 Å². The number of carboxylic acid groups (broad SMARTS) is 1. The van der Waals surface area contributed by atoms with Crippen molar-refractivity contribution in [2.75, 3.05) is 13.6 Å². The van der Waals surface area contributed by atoms with Crippen LogP contribution in [0.2, 0.25) is 0 Å². The lowest BCUT2D eigenvalue weighted by Gasteiger charge is -2.35. The summed E-state index contributed by atoms with van der Waals surface area (Å²) in [4.78, 5) is 39.8. The van der Waals surface area contributed by atoms with Crippen molar-refractivity contribution in [3.8, 4) is 0 Å². The highest BCUT2D eigenvalue weighted by atomic mass is 16.4. The van der Waals surface area contributed by atoms with Crippen molar-refractivity contribution < 1.29 is 24.6 Å². The number of carbonyl (C=O) groups excluding carboxylic acids is 2. The number of likely N-dealkylation sites (tertiary alicyclic amines) is 1. The number of aliphatic hydroxyl groups excluding tert-OH is 1. The molecule has 0 unspecified atom stereocenters. The first-order valence-corrected chi connectivity index (χ1v) is 9.26. The highest BCUT2D eigenvalue weighted by molar-refractivity contribution is 5.92. The Kier molecular flexibility index (Phi) is 6.96. The molecule has 3 atom stereocenters. The minimum atomic E-state index is -1.26. The maximum atomic E-state index is 13.0. The first-order chi connectivity index (χ1) is 12.7. The van der Waals surface area contributed by atoms with Crippen molar-refractivity contribution in [2.24, 2.45) is 5.92 Å². The van der Waals surface area contributed by atoms with Gasteiger partial charge in [-0.3, -0.25) is 9.59 Å². The Hall–Kier alpha value is -2.41. The molecule has 1 aromatic rings. The molecule has 27 heavy (non-hydrogen) atoms. The van der Waals surface area contributed by atoms with E-state index in [-0.39, 0.29) is 18.2 Å². The summed E-state index contributed by atoms with van der Waals surface area (Å²) in [6, 6.07) is 7.49. The van der Waals surface area contributed by atoms with Crippen LogP contribution in [0.1, 0.15) is 32.3 Å².